The maximum absolute atomic E-state index is 11.7. The topological polar surface area (TPSA) is 81.7 Å². The lowest BCUT2D eigenvalue weighted by Crippen LogP contribution is -2.47. The van der Waals surface area contributed by atoms with Gasteiger partial charge in [-0.1, -0.05) is 20.3 Å². The van der Waals surface area contributed by atoms with Crippen molar-refractivity contribution in [3.63, 3.8) is 0 Å². The molecule has 1 atom stereocenters. The van der Waals surface area contributed by atoms with E-state index in [9.17, 15) is 9.59 Å². The van der Waals surface area contributed by atoms with Crippen LogP contribution in [-0.2, 0) is 4.79 Å². The van der Waals surface area contributed by atoms with E-state index >= 15 is 0 Å². The number of nitrogens with one attached hydrogen (secondary N) is 2. The predicted octanol–water partition coefficient (Wildman–Crippen LogP) is 1.27. The second kappa shape index (κ2) is 8.79. The Kier molecular flexibility index (Phi) is 7.36. The number of hydrogen-bond acceptors (Lipinski definition) is 3. The van der Waals surface area contributed by atoms with Crippen molar-refractivity contribution in [2.24, 2.45) is 5.92 Å². The summed E-state index contributed by atoms with van der Waals surface area (Å²) < 4.78 is 0. The highest BCUT2D eigenvalue weighted by Gasteiger charge is 2.21. The minimum atomic E-state index is -0.974. The van der Waals surface area contributed by atoms with Crippen LogP contribution in [0.15, 0.2) is 0 Å². The Balaban J connectivity index is 2.24. The first-order valence-electron chi connectivity index (χ1n) is 7.56. The van der Waals surface area contributed by atoms with Crippen molar-refractivity contribution >= 4 is 12.0 Å². The quantitative estimate of drug-likeness (QED) is 0.658. The third-order valence-corrected chi connectivity index (χ3v) is 3.89. The number of rotatable bonds is 7. The van der Waals surface area contributed by atoms with Gasteiger partial charge in [-0.05, 0) is 44.8 Å². The van der Waals surface area contributed by atoms with Crippen LogP contribution in [0.4, 0.5) is 4.79 Å². The van der Waals surface area contributed by atoms with Crippen LogP contribution in [0.2, 0.25) is 0 Å². The zero-order chi connectivity index (χ0) is 15.0. The summed E-state index contributed by atoms with van der Waals surface area (Å²) in [5, 5.41) is 14.3. The van der Waals surface area contributed by atoms with Crippen molar-refractivity contribution in [2.45, 2.75) is 45.6 Å². The molecule has 0 saturated carbocycles. The van der Waals surface area contributed by atoms with Crippen LogP contribution < -0.4 is 10.6 Å². The molecule has 6 nitrogen and oxygen atoms in total. The molecule has 1 heterocycles. The zero-order valence-corrected chi connectivity index (χ0v) is 12.5. The number of urea groups is 1. The van der Waals surface area contributed by atoms with Crippen molar-refractivity contribution in [1.29, 1.82) is 0 Å². The normalized spacial score (nSPS) is 18.5. The van der Waals surface area contributed by atoms with Crippen LogP contribution in [0.1, 0.15) is 39.5 Å². The number of likely N-dealkylation sites (tertiary alicyclic amines) is 1. The Morgan fingerprint density at radius 3 is 2.45 bits per heavy atom. The fraction of sp³-hybridized carbons (Fsp3) is 0.857. The highest BCUT2D eigenvalue weighted by Crippen LogP contribution is 2.15. The van der Waals surface area contributed by atoms with Gasteiger partial charge in [0.15, 0.2) is 0 Å². The number of amides is 2. The van der Waals surface area contributed by atoms with Crippen molar-refractivity contribution in [2.75, 3.05) is 26.2 Å². The molecule has 0 aromatic carbocycles. The van der Waals surface area contributed by atoms with E-state index in [2.05, 4.69) is 22.5 Å². The van der Waals surface area contributed by atoms with Crippen LogP contribution in [-0.4, -0.2) is 54.2 Å². The van der Waals surface area contributed by atoms with Gasteiger partial charge in [0.2, 0.25) is 0 Å². The smallest absolute Gasteiger partial charge is 0.326 e. The SMILES string of the molecule is CCC[C@@H](NC(=O)NCC1CCN(CC)CC1)C(=O)O. The molecule has 20 heavy (non-hydrogen) atoms. The summed E-state index contributed by atoms with van der Waals surface area (Å²) in [7, 11) is 0. The van der Waals surface area contributed by atoms with Gasteiger partial charge in [-0.3, -0.25) is 0 Å². The van der Waals surface area contributed by atoms with E-state index in [-0.39, 0.29) is 6.03 Å². The molecule has 0 unspecified atom stereocenters. The summed E-state index contributed by atoms with van der Waals surface area (Å²) in [4.78, 5) is 25.1. The number of hydrogen-bond donors (Lipinski definition) is 3. The van der Waals surface area contributed by atoms with Crippen molar-refractivity contribution in [1.82, 2.24) is 15.5 Å². The molecule has 3 N–H and O–H groups in total. The van der Waals surface area contributed by atoms with Gasteiger partial charge in [0.1, 0.15) is 6.04 Å². The first-order chi connectivity index (χ1) is 9.56. The average molecular weight is 285 g/mol. The number of carboxylic acid groups (broad SMARTS) is 1. The van der Waals surface area contributed by atoms with Crippen molar-refractivity contribution in [3.8, 4) is 0 Å². The lowest BCUT2D eigenvalue weighted by Gasteiger charge is -2.31. The first kappa shape index (κ1) is 16.8. The molecule has 0 bridgehead atoms. The molecule has 1 aliphatic rings. The van der Waals surface area contributed by atoms with Crippen LogP contribution >= 0.6 is 0 Å². The molecule has 0 aromatic rings. The summed E-state index contributed by atoms with van der Waals surface area (Å²) in [6.07, 6.45) is 3.36. The first-order valence-corrected chi connectivity index (χ1v) is 7.56. The second-order valence-corrected chi connectivity index (χ2v) is 5.41. The Bertz CT molecular complexity index is 315. The number of piperidine rings is 1. The van der Waals surface area contributed by atoms with Gasteiger partial charge in [-0.2, -0.15) is 0 Å². The highest BCUT2D eigenvalue weighted by atomic mass is 16.4. The number of carboxylic acids is 1. The highest BCUT2D eigenvalue weighted by molar-refractivity contribution is 5.82. The molecule has 1 rings (SSSR count). The molecule has 1 saturated heterocycles. The van der Waals surface area contributed by atoms with E-state index in [1.807, 2.05) is 6.92 Å². The van der Waals surface area contributed by atoms with E-state index in [1.165, 1.54) is 0 Å². The molecule has 2 amide bonds. The summed E-state index contributed by atoms with van der Waals surface area (Å²) in [5.74, 6) is -0.476. The standard InChI is InChI=1S/C14H27N3O3/c1-3-5-12(13(18)19)16-14(20)15-10-11-6-8-17(4-2)9-7-11/h11-12H,3-10H2,1-2H3,(H,18,19)(H2,15,16,20)/t12-/m1/s1. The van der Waals surface area contributed by atoms with Gasteiger partial charge in [0.25, 0.3) is 0 Å². The largest absolute Gasteiger partial charge is 0.480 e. The van der Waals surface area contributed by atoms with E-state index in [1.54, 1.807) is 0 Å². The van der Waals surface area contributed by atoms with Gasteiger partial charge < -0.3 is 20.6 Å². The fourth-order valence-corrected chi connectivity index (χ4v) is 2.50. The second-order valence-electron chi connectivity index (χ2n) is 5.41. The molecular formula is C14H27N3O3. The molecule has 1 aliphatic heterocycles. The van der Waals surface area contributed by atoms with Gasteiger partial charge >= 0.3 is 12.0 Å². The lowest BCUT2D eigenvalue weighted by molar-refractivity contribution is -0.139. The van der Waals surface area contributed by atoms with Gasteiger partial charge in [0, 0.05) is 6.54 Å². The van der Waals surface area contributed by atoms with E-state index in [0.29, 0.717) is 18.9 Å². The zero-order valence-electron chi connectivity index (χ0n) is 12.5. The number of aliphatic carboxylic acids is 1. The molecule has 0 radical (unpaired) electrons. The van der Waals surface area contributed by atoms with E-state index in [4.69, 9.17) is 5.11 Å². The Labute approximate surface area is 120 Å². The molecule has 0 aromatic heterocycles. The Hall–Kier alpha value is -1.30. The third kappa shape index (κ3) is 5.77. The Morgan fingerprint density at radius 2 is 1.95 bits per heavy atom. The summed E-state index contributed by atoms with van der Waals surface area (Å²) in [6, 6.07) is -1.16. The Morgan fingerprint density at radius 1 is 1.30 bits per heavy atom. The maximum atomic E-state index is 11.7. The molecule has 0 aliphatic carbocycles. The monoisotopic (exact) mass is 285 g/mol. The fourth-order valence-electron chi connectivity index (χ4n) is 2.50. The van der Waals surface area contributed by atoms with Crippen LogP contribution in [0, 0.1) is 5.92 Å². The molecule has 1 fully saturated rings. The molecule has 116 valence electrons. The van der Waals surface area contributed by atoms with E-state index in [0.717, 1.165) is 38.9 Å². The summed E-state index contributed by atoms with van der Waals surface area (Å²) in [5.41, 5.74) is 0. The number of nitrogens with zero attached hydrogens (tertiary/aromatic N) is 1. The minimum absolute atomic E-state index is 0.372. The van der Waals surface area contributed by atoms with Crippen molar-refractivity contribution in [3.05, 3.63) is 0 Å². The maximum Gasteiger partial charge on any atom is 0.326 e. The lowest BCUT2D eigenvalue weighted by atomic mass is 9.97. The predicted molar refractivity (Wildman–Crippen MR) is 77.7 cm³/mol. The van der Waals surface area contributed by atoms with E-state index < -0.39 is 12.0 Å². The summed E-state index contributed by atoms with van der Waals surface area (Å²) in [6.45, 7) is 7.93. The average Bonchev–Trinajstić information content (AvgIpc) is 2.45. The van der Waals surface area contributed by atoms with Gasteiger partial charge in [-0.15, -0.1) is 0 Å². The van der Waals surface area contributed by atoms with Crippen molar-refractivity contribution < 1.29 is 14.7 Å². The number of carbonyl (C=O) groups excluding carboxylic acids is 1. The number of carbonyl (C=O) groups is 2. The third-order valence-electron chi connectivity index (χ3n) is 3.89. The van der Waals surface area contributed by atoms with Crippen LogP contribution in [0.25, 0.3) is 0 Å². The van der Waals surface area contributed by atoms with Crippen LogP contribution in [0.5, 0.6) is 0 Å². The van der Waals surface area contributed by atoms with Gasteiger partial charge in [0.05, 0.1) is 0 Å². The van der Waals surface area contributed by atoms with Gasteiger partial charge in [-0.25, -0.2) is 9.59 Å². The minimum Gasteiger partial charge on any atom is -0.480 e. The van der Waals surface area contributed by atoms with Crippen LogP contribution in [0.3, 0.4) is 0 Å². The molecule has 6 heteroatoms. The molecular weight excluding hydrogens is 258 g/mol. The summed E-state index contributed by atoms with van der Waals surface area (Å²) >= 11 is 0. The molecule has 0 spiro atoms.